The molecule has 8 nitrogen and oxygen atoms in total. The minimum Gasteiger partial charge on any atom is -0.309 e. The second-order valence-electron chi connectivity index (χ2n) is 24.4. The van der Waals surface area contributed by atoms with E-state index in [1.54, 1.807) is 0 Å². The summed E-state index contributed by atoms with van der Waals surface area (Å²) in [5.41, 5.74) is 22.8. The average Bonchev–Trinajstić information content (AvgIpc) is 1.59. The van der Waals surface area contributed by atoms with E-state index in [9.17, 15) is 15.8 Å². The molecule has 0 atom stereocenters. The highest BCUT2D eigenvalue weighted by Gasteiger charge is 2.25. The highest BCUT2D eigenvalue weighted by Crippen LogP contribution is 2.45. The summed E-state index contributed by atoms with van der Waals surface area (Å²) >= 11 is 0. The third kappa shape index (κ3) is 10.2. The fraction of sp³-hybridized carbons (Fsp3) is 0. The first-order valence-corrected chi connectivity index (χ1v) is 32.5. The Morgan fingerprint density at radius 2 is 0.469 bits per heavy atom. The van der Waals surface area contributed by atoms with Gasteiger partial charge in [-0.2, -0.15) is 15.8 Å². The molecular formula is C90H54N8. The molecule has 0 fully saturated rings. The lowest BCUT2D eigenvalue weighted by Gasteiger charge is -2.18. The number of fused-ring (bicyclic) bond motifs is 6. The van der Waals surface area contributed by atoms with E-state index < -0.39 is 0 Å². The minimum atomic E-state index is 0.381. The summed E-state index contributed by atoms with van der Waals surface area (Å²) < 4.78 is 4.64. The molecule has 0 aliphatic carbocycles. The Hall–Kier alpha value is -13.8. The first kappa shape index (κ1) is 58.0. The van der Waals surface area contributed by atoms with Crippen LogP contribution in [0.3, 0.4) is 0 Å². The molecule has 98 heavy (non-hydrogen) atoms. The second-order valence-corrected chi connectivity index (χ2v) is 24.4. The van der Waals surface area contributed by atoms with Gasteiger partial charge in [0.1, 0.15) is 0 Å². The molecule has 0 radical (unpaired) electrons. The van der Waals surface area contributed by atoms with Crippen molar-refractivity contribution in [1.29, 1.82) is 15.8 Å². The smallest absolute Gasteiger partial charge is 0.164 e. The molecular weight excluding hydrogens is 1190 g/mol. The third-order valence-electron chi connectivity index (χ3n) is 18.8. The predicted octanol–water partition coefficient (Wildman–Crippen LogP) is 22.4. The van der Waals surface area contributed by atoms with E-state index in [-0.39, 0.29) is 0 Å². The molecule has 0 bridgehead atoms. The van der Waals surface area contributed by atoms with Crippen LogP contribution >= 0.6 is 0 Å². The van der Waals surface area contributed by atoms with Crippen LogP contribution in [-0.4, -0.2) is 24.1 Å². The van der Waals surface area contributed by atoms with Crippen molar-refractivity contribution in [1.82, 2.24) is 24.1 Å². The van der Waals surface area contributed by atoms with E-state index in [4.69, 9.17) is 15.0 Å². The van der Waals surface area contributed by atoms with Crippen molar-refractivity contribution in [2.45, 2.75) is 0 Å². The van der Waals surface area contributed by atoms with Gasteiger partial charge in [-0.3, -0.25) is 0 Å². The van der Waals surface area contributed by atoms with Crippen LogP contribution in [0.1, 0.15) is 16.7 Å². The number of benzene rings is 14. The quantitative estimate of drug-likeness (QED) is 0.120. The molecule has 17 aromatic rings. The van der Waals surface area contributed by atoms with Crippen molar-refractivity contribution < 1.29 is 0 Å². The van der Waals surface area contributed by atoms with Crippen molar-refractivity contribution >= 4 is 43.6 Å². The summed E-state index contributed by atoms with van der Waals surface area (Å²) in [5.74, 6) is 1.15. The van der Waals surface area contributed by atoms with Crippen molar-refractivity contribution in [3.63, 3.8) is 0 Å². The van der Waals surface area contributed by atoms with Crippen LogP contribution in [0.15, 0.2) is 328 Å². The van der Waals surface area contributed by atoms with Crippen molar-refractivity contribution in [2.24, 2.45) is 0 Å². The van der Waals surface area contributed by atoms with Gasteiger partial charge in [-0.15, -0.1) is 0 Å². The average molecular weight is 1250 g/mol. The standard InChI is InChI=1S/C90H54N8/c91-55-68-29-13-16-32-71(68)74-35-19-20-36-75(74)90-95-88(66-41-47-82(76(53-66)72-33-17-14-30-69(72)56-92)97-84-43-37-62(58-21-5-1-6-22-58)49-78(84)79-50-63(38-44-85(79)97)59-23-7-2-8-24-59)94-89(96-90)67-42-48-83(77(54-67)73-34-18-15-31-70(73)57-93)98-86-45-39-64(60-25-9-3-10-26-60)51-80(86)81-52-65(40-46-87(81)98)61-27-11-4-12-28-61/h1-54H. The highest BCUT2D eigenvalue weighted by molar-refractivity contribution is 6.14. The Labute approximate surface area is 566 Å². The molecule has 0 spiro atoms. The Kier molecular flexibility index (Phi) is 14.5. The van der Waals surface area contributed by atoms with Crippen LogP contribution in [0.25, 0.3) is 167 Å². The molecule has 3 aromatic heterocycles. The third-order valence-corrected chi connectivity index (χ3v) is 18.8. The van der Waals surface area contributed by atoms with Crippen molar-refractivity contribution in [3.05, 3.63) is 344 Å². The van der Waals surface area contributed by atoms with Crippen molar-refractivity contribution in [3.8, 4) is 142 Å². The van der Waals surface area contributed by atoms with Gasteiger partial charge in [-0.25, -0.2) is 15.0 Å². The molecule has 8 heteroatoms. The molecule has 3 heterocycles. The summed E-state index contributed by atoms with van der Waals surface area (Å²) in [5, 5.41) is 36.9. The normalized spacial score (nSPS) is 11.2. The van der Waals surface area contributed by atoms with Gasteiger partial charge in [0, 0.05) is 66.1 Å². The van der Waals surface area contributed by atoms with Gasteiger partial charge < -0.3 is 9.13 Å². The van der Waals surface area contributed by atoms with E-state index in [1.807, 2.05) is 121 Å². The summed E-state index contributed by atoms with van der Waals surface area (Å²) in [4.78, 5) is 16.4. The number of aromatic nitrogens is 5. The zero-order chi connectivity index (χ0) is 65.6. The lowest BCUT2D eigenvalue weighted by atomic mass is 9.95. The topological polar surface area (TPSA) is 120 Å². The van der Waals surface area contributed by atoms with E-state index in [1.165, 1.54) is 0 Å². The molecule has 454 valence electrons. The molecule has 0 unspecified atom stereocenters. The molecule has 14 aromatic carbocycles. The molecule has 17 rings (SSSR count). The Morgan fingerprint density at radius 3 is 0.796 bits per heavy atom. The summed E-state index contributed by atoms with van der Waals surface area (Å²) in [6, 6.07) is 120. The number of hydrogen-bond donors (Lipinski definition) is 0. The van der Waals surface area contributed by atoms with Gasteiger partial charge in [0.15, 0.2) is 17.5 Å². The lowest BCUT2D eigenvalue weighted by Crippen LogP contribution is -2.04. The fourth-order valence-electron chi connectivity index (χ4n) is 14.1. The monoisotopic (exact) mass is 1250 g/mol. The molecule has 0 aliphatic rings. The van der Waals surface area contributed by atoms with Gasteiger partial charge in [0.05, 0.1) is 68.3 Å². The first-order valence-electron chi connectivity index (χ1n) is 32.5. The first-order chi connectivity index (χ1) is 48.5. The van der Waals surface area contributed by atoms with Gasteiger partial charge in [-0.1, -0.05) is 224 Å². The summed E-state index contributed by atoms with van der Waals surface area (Å²) in [6.45, 7) is 0. The van der Waals surface area contributed by atoms with Crippen LogP contribution in [0.2, 0.25) is 0 Å². The minimum absolute atomic E-state index is 0.381. The second kappa shape index (κ2) is 24.6. The van der Waals surface area contributed by atoms with Crippen LogP contribution in [0.4, 0.5) is 0 Å². The highest BCUT2D eigenvalue weighted by atomic mass is 15.0. The van der Waals surface area contributed by atoms with Gasteiger partial charge in [0.25, 0.3) is 0 Å². The predicted molar refractivity (Wildman–Crippen MR) is 397 cm³/mol. The van der Waals surface area contributed by atoms with E-state index >= 15 is 0 Å². The Morgan fingerprint density at radius 1 is 0.204 bits per heavy atom. The molecule has 0 aliphatic heterocycles. The molecule has 0 N–H and O–H groups in total. The number of nitriles is 3. The van der Waals surface area contributed by atoms with E-state index in [2.05, 4.69) is 234 Å². The molecule has 0 amide bonds. The maximum Gasteiger partial charge on any atom is 0.164 e. The number of rotatable bonds is 12. The van der Waals surface area contributed by atoms with Gasteiger partial charge in [0.2, 0.25) is 0 Å². The van der Waals surface area contributed by atoms with E-state index in [0.717, 1.165) is 133 Å². The van der Waals surface area contributed by atoms with E-state index in [0.29, 0.717) is 50.9 Å². The fourth-order valence-corrected chi connectivity index (χ4v) is 14.1. The van der Waals surface area contributed by atoms with Crippen LogP contribution in [0, 0.1) is 34.0 Å². The molecule has 0 saturated heterocycles. The zero-order valence-electron chi connectivity index (χ0n) is 52.8. The maximum atomic E-state index is 11.0. The number of nitrogens with zero attached hydrogens (tertiary/aromatic N) is 8. The van der Waals surface area contributed by atoms with Crippen molar-refractivity contribution in [2.75, 3.05) is 0 Å². The van der Waals surface area contributed by atoms with Crippen LogP contribution in [0.5, 0.6) is 0 Å². The largest absolute Gasteiger partial charge is 0.309 e. The maximum absolute atomic E-state index is 11.0. The van der Waals surface area contributed by atoms with Gasteiger partial charge in [-0.05, 0) is 153 Å². The SMILES string of the molecule is N#Cc1ccccc1-c1ccccc1-c1nc(-c2ccc(-n3c4ccc(-c5ccccc5)cc4c4cc(-c5ccccc5)ccc43)c(-c3ccccc3C#N)c2)nc(-c2ccc(-n3c4ccc(-c5ccccc5)cc4c4cc(-c5ccccc5)ccc43)c(-c3ccccc3C#N)c2)n1. The number of hydrogen-bond acceptors (Lipinski definition) is 6. The zero-order valence-corrected chi connectivity index (χ0v) is 52.8. The van der Waals surface area contributed by atoms with Crippen LogP contribution < -0.4 is 0 Å². The van der Waals surface area contributed by atoms with Gasteiger partial charge >= 0.3 is 0 Å². The Bertz CT molecular complexity index is 5630. The summed E-state index contributed by atoms with van der Waals surface area (Å²) in [7, 11) is 0. The summed E-state index contributed by atoms with van der Waals surface area (Å²) in [6.07, 6.45) is 0. The van der Waals surface area contributed by atoms with Crippen LogP contribution in [-0.2, 0) is 0 Å². The molecule has 0 saturated carbocycles. The lowest BCUT2D eigenvalue weighted by molar-refractivity contribution is 1.07. The Balaban J connectivity index is 0.906.